The molecule has 2 saturated heterocycles. The SMILES string of the molecule is CC(=O)O[C@@H]1[C@@H](OC(C)=O)[C@H](C)O[C@@H](O[C@H]2C[C@H](OC(C)=O)[C@]34C[C@]35CC[C@]3(C)C([C@H](C)CC[C@H](O[C@@H]6OC[C@@H](OC(C)=O)[C@H](OC(C)=O)[C@H]6OC(C)=O)C(C)(C)O)CC[C@@]3(C)[C@@H]5[C@@H](OC(C)=O)CC4C2(C)C)[C@@H]1OC(C)=O. The summed E-state index contributed by atoms with van der Waals surface area (Å²) in [6, 6.07) is 0. The molecular weight excluding hydrogens is 1020 g/mol. The van der Waals surface area contributed by atoms with Gasteiger partial charge in [0.15, 0.2) is 49.2 Å². The second-order valence-electron chi connectivity index (χ2n) is 25.3. The van der Waals surface area contributed by atoms with Gasteiger partial charge >= 0.3 is 47.8 Å². The Morgan fingerprint density at radius 1 is 0.590 bits per heavy atom. The Morgan fingerprint density at radius 3 is 1.65 bits per heavy atom. The van der Waals surface area contributed by atoms with Gasteiger partial charge in [0.1, 0.15) is 12.2 Å². The second-order valence-corrected chi connectivity index (χ2v) is 25.3. The molecule has 0 radical (unpaired) electrons. The molecular formula is C57H86O21. The highest BCUT2D eigenvalue weighted by Crippen LogP contribution is 2.89. The Balaban J connectivity index is 1.16. The Hall–Kier alpha value is -4.44. The van der Waals surface area contributed by atoms with Crippen molar-refractivity contribution in [2.45, 2.75) is 254 Å². The Bertz CT molecular complexity index is 2310. The molecule has 5 saturated carbocycles. The third kappa shape index (κ3) is 11.4. The van der Waals surface area contributed by atoms with E-state index in [4.69, 9.17) is 56.8 Å². The number of hydrogen-bond acceptors (Lipinski definition) is 21. The number of fused-ring (bicyclic) bond motifs is 2. The third-order valence-corrected chi connectivity index (χ3v) is 19.6. The summed E-state index contributed by atoms with van der Waals surface area (Å²) in [7, 11) is 0. The van der Waals surface area contributed by atoms with E-state index in [-0.39, 0.29) is 47.5 Å². The highest BCUT2D eigenvalue weighted by atomic mass is 16.7. The Labute approximate surface area is 458 Å². The van der Waals surface area contributed by atoms with Crippen molar-refractivity contribution in [1.82, 2.24) is 0 Å². The summed E-state index contributed by atoms with van der Waals surface area (Å²) in [4.78, 5) is 101. The summed E-state index contributed by atoms with van der Waals surface area (Å²) in [5.74, 6) is -5.02. The molecule has 21 atom stereocenters. The number of hydrogen-bond donors (Lipinski definition) is 1. The quantitative estimate of drug-likeness (QED) is 0.0971. The zero-order valence-electron chi connectivity index (χ0n) is 48.5. The molecule has 0 bridgehead atoms. The lowest BCUT2D eigenvalue weighted by Crippen LogP contribution is -2.67. The number of esters is 8. The Morgan fingerprint density at radius 2 is 1.10 bits per heavy atom. The van der Waals surface area contributed by atoms with Crippen LogP contribution in [-0.4, -0.2) is 145 Å². The minimum Gasteiger partial charge on any atom is -0.462 e. The van der Waals surface area contributed by atoms with Gasteiger partial charge in [0.05, 0.1) is 30.5 Å². The van der Waals surface area contributed by atoms with Crippen LogP contribution in [0.1, 0.15) is 169 Å². The monoisotopic (exact) mass is 1110 g/mol. The lowest BCUT2D eigenvalue weighted by atomic mass is 9.40. The molecule has 0 aromatic carbocycles. The zero-order chi connectivity index (χ0) is 58.0. The van der Waals surface area contributed by atoms with Crippen LogP contribution in [0.5, 0.6) is 0 Å². The van der Waals surface area contributed by atoms with Gasteiger partial charge in [-0.05, 0) is 112 Å². The molecule has 0 amide bonds. The molecule has 440 valence electrons. The first kappa shape index (κ1) is 61.2. The summed E-state index contributed by atoms with van der Waals surface area (Å²) in [5.41, 5.74) is -3.65. The van der Waals surface area contributed by atoms with Gasteiger partial charge in [-0.2, -0.15) is 0 Å². The van der Waals surface area contributed by atoms with E-state index in [1.54, 1.807) is 20.8 Å². The highest BCUT2D eigenvalue weighted by molar-refractivity contribution is 5.70. The minimum absolute atomic E-state index is 0.0975. The molecule has 0 aromatic heterocycles. The molecule has 7 rings (SSSR count). The van der Waals surface area contributed by atoms with Crippen molar-refractivity contribution in [3.05, 3.63) is 0 Å². The van der Waals surface area contributed by atoms with Crippen LogP contribution in [0.2, 0.25) is 0 Å². The van der Waals surface area contributed by atoms with Crippen molar-refractivity contribution in [3.8, 4) is 0 Å². The van der Waals surface area contributed by atoms with E-state index in [0.717, 1.165) is 32.1 Å². The summed E-state index contributed by atoms with van der Waals surface area (Å²) in [6.45, 7) is 25.8. The highest BCUT2D eigenvalue weighted by Gasteiger charge is 2.87. The first-order valence-corrected chi connectivity index (χ1v) is 27.8. The maximum absolute atomic E-state index is 13.4. The van der Waals surface area contributed by atoms with Crippen molar-refractivity contribution in [3.63, 3.8) is 0 Å². The first-order valence-electron chi connectivity index (χ1n) is 27.8. The van der Waals surface area contributed by atoms with Gasteiger partial charge in [-0.1, -0.05) is 34.6 Å². The molecule has 5 aliphatic carbocycles. The average Bonchev–Trinajstić information content (AvgIpc) is 4.09. The fourth-order valence-corrected chi connectivity index (χ4v) is 16.5. The normalized spacial score (nSPS) is 41.1. The number of carbonyl (C=O) groups excluding carboxylic acids is 8. The summed E-state index contributed by atoms with van der Waals surface area (Å²) in [5, 5.41) is 11.6. The fraction of sp³-hybridized carbons (Fsp3) is 0.860. The fourth-order valence-electron chi connectivity index (χ4n) is 16.5. The van der Waals surface area contributed by atoms with Gasteiger partial charge in [-0.25, -0.2) is 0 Å². The van der Waals surface area contributed by atoms with E-state index in [1.807, 2.05) is 0 Å². The van der Waals surface area contributed by atoms with Crippen LogP contribution in [0.3, 0.4) is 0 Å². The summed E-state index contributed by atoms with van der Waals surface area (Å²) >= 11 is 0. The second kappa shape index (κ2) is 22.5. The van der Waals surface area contributed by atoms with E-state index in [0.29, 0.717) is 19.3 Å². The van der Waals surface area contributed by atoms with Crippen LogP contribution >= 0.6 is 0 Å². The van der Waals surface area contributed by atoms with Crippen molar-refractivity contribution >= 4 is 47.8 Å². The Kier molecular flexibility index (Phi) is 17.6. The summed E-state index contributed by atoms with van der Waals surface area (Å²) < 4.78 is 72.5. The molecule has 21 heteroatoms. The van der Waals surface area contributed by atoms with Crippen molar-refractivity contribution in [1.29, 1.82) is 0 Å². The van der Waals surface area contributed by atoms with Crippen LogP contribution in [0.15, 0.2) is 0 Å². The molecule has 2 heterocycles. The van der Waals surface area contributed by atoms with Crippen LogP contribution < -0.4 is 0 Å². The van der Waals surface area contributed by atoms with Crippen molar-refractivity contribution in [2.24, 2.45) is 50.7 Å². The van der Waals surface area contributed by atoms with E-state index in [9.17, 15) is 43.5 Å². The van der Waals surface area contributed by atoms with Crippen LogP contribution in [-0.2, 0) is 95.2 Å². The lowest BCUT2D eigenvalue weighted by Gasteiger charge is -2.65. The van der Waals surface area contributed by atoms with Crippen molar-refractivity contribution in [2.75, 3.05) is 6.61 Å². The first-order chi connectivity index (χ1) is 36.1. The van der Waals surface area contributed by atoms with Crippen LogP contribution in [0, 0.1) is 50.7 Å². The van der Waals surface area contributed by atoms with Crippen LogP contribution in [0.25, 0.3) is 0 Å². The largest absolute Gasteiger partial charge is 0.462 e. The maximum Gasteiger partial charge on any atom is 0.303 e. The number of rotatable bonds is 17. The standard InChI is InChI=1S/C57H86O21/c1-27(17-18-41(53(13,14)66)77-50-47(75-35(9)64)45(73-33(7)62)39(25-67-50)70-30(4)59)37-19-20-55(16)49-38(69-29(3)58)23-40-52(11,12)42(24-43(71-31(5)60)57(40)26-56(49,57)22-21-54(37,55)15)78-51-48(76-36(10)65)46(74-34(8)63)44(28(2)68-51)72-32(6)61/h27-28,37-51,66H,17-26H2,1-16H3/t27-,28+,37?,38+,39-,40?,41+,42+,43+,44+,45+,46-,47-,48-,49+,50+,51+,54-,55+,56+,57-/m1/s1. The maximum atomic E-state index is 13.4. The molecule has 2 unspecified atom stereocenters. The molecule has 2 aliphatic heterocycles. The topological polar surface area (TPSA) is 268 Å². The summed E-state index contributed by atoms with van der Waals surface area (Å²) in [6.07, 6.45) is -7.81. The smallest absolute Gasteiger partial charge is 0.303 e. The van der Waals surface area contributed by atoms with Crippen molar-refractivity contribution < 1.29 is 100 Å². The van der Waals surface area contributed by atoms with Crippen LogP contribution in [0.4, 0.5) is 0 Å². The van der Waals surface area contributed by atoms with Gasteiger partial charge in [-0.3, -0.25) is 38.4 Å². The van der Waals surface area contributed by atoms with Gasteiger partial charge in [-0.15, -0.1) is 0 Å². The van der Waals surface area contributed by atoms with Gasteiger partial charge in [0.2, 0.25) is 0 Å². The van der Waals surface area contributed by atoms with E-state index >= 15 is 0 Å². The van der Waals surface area contributed by atoms with E-state index in [1.165, 1.54) is 55.4 Å². The average molecular weight is 1110 g/mol. The van der Waals surface area contributed by atoms with Gasteiger partial charge < -0.3 is 61.9 Å². The van der Waals surface area contributed by atoms with E-state index < -0.39 is 149 Å². The minimum atomic E-state index is -1.42. The molecule has 21 nitrogen and oxygen atoms in total. The molecule has 78 heavy (non-hydrogen) atoms. The third-order valence-electron chi connectivity index (χ3n) is 19.6. The van der Waals surface area contributed by atoms with E-state index in [2.05, 4.69) is 34.6 Å². The number of aliphatic hydroxyl groups is 1. The van der Waals surface area contributed by atoms with Gasteiger partial charge in [0, 0.05) is 73.1 Å². The predicted molar refractivity (Wildman–Crippen MR) is 271 cm³/mol. The van der Waals surface area contributed by atoms with Gasteiger partial charge in [0.25, 0.3) is 0 Å². The molecule has 7 aliphatic rings. The number of carbonyl (C=O) groups is 8. The zero-order valence-corrected chi connectivity index (χ0v) is 48.5. The molecule has 1 N–H and O–H groups in total. The molecule has 7 fully saturated rings. The lowest BCUT2D eigenvalue weighted by molar-refractivity contribution is -0.330. The predicted octanol–water partition coefficient (Wildman–Crippen LogP) is 6.16. The number of ether oxygens (including phenoxy) is 12. The molecule has 0 aromatic rings. The molecule has 2 spiro atoms.